The van der Waals surface area contributed by atoms with Crippen molar-refractivity contribution in [1.29, 1.82) is 0 Å². The number of hydrogen-bond donors (Lipinski definition) is 0. The van der Waals surface area contributed by atoms with E-state index in [-0.39, 0.29) is 11.7 Å². The van der Waals surface area contributed by atoms with Crippen LogP contribution in [0.25, 0.3) is 0 Å². The van der Waals surface area contributed by atoms with Gasteiger partial charge in [-0.1, -0.05) is 43.9 Å². The Balaban J connectivity index is 2.44. The molecule has 0 spiro atoms. The molecule has 0 aromatic heterocycles. The number of aryl methyl sites for hydroxylation is 1. The summed E-state index contributed by atoms with van der Waals surface area (Å²) in [6.45, 7) is 5.90. The van der Waals surface area contributed by atoms with Gasteiger partial charge in [0.15, 0.2) is 0 Å². The van der Waals surface area contributed by atoms with Gasteiger partial charge < -0.3 is 4.74 Å². The molecular formula is C19H19FO. The van der Waals surface area contributed by atoms with Crippen molar-refractivity contribution in [2.75, 3.05) is 7.11 Å². The Labute approximate surface area is 125 Å². The first-order chi connectivity index (χ1) is 10.0. The van der Waals surface area contributed by atoms with Gasteiger partial charge in [-0.25, -0.2) is 4.39 Å². The van der Waals surface area contributed by atoms with Crippen molar-refractivity contribution in [3.05, 3.63) is 64.5 Å². The van der Waals surface area contributed by atoms with E-state index in [2.05, 4.69) is 11.8 Å². The van der Waals surface area contributed by atoms with Crippen LogP contribution in [0.3, 0.4) is 0 Å². The van der Waals surface area contributed by atoms with Crippen LogP contribution in [-0.4, -0.2) is 7.11 Å². The molecule has 2 aromatic carbocycles. The zero-order valence-electron chi connectivity index (χ0n) is 12.8. The Morgan fingerprint density at radius 2 is 1.81 bits per heavy atom. The quantitative estimate of drug-likeness (QED) is 0.728. The second kappa shape index (κ2) is 6.45. The van der Waals surface area contributed by atoms with Crippen molar-refractivity contribution in [2.24, 2.45) is 0 Å². The molecule has 0 fully saturated rings. The second-order valence-corrected chi connectivity index (χ2v) is 5.29. The molecule has 0 aliphatic rings. The summed E-state index contributed by atoms with van der Waals surface area (Å²) in [6.07, 6.45) is 0. The molecule has 0 unspecified atom stereocenters. The molecular weight excluding hydrogens is 263 g/mol. The van der Waals surface area contributed by atoms with E-state index >= 15 is 0 Å². The molecule has 0 aliphatic carbocycles. The van der Waals surface area contributed by atoms with E-state index in [0.717, 1.165) is 11.1 Å². The van der Waals surface area contributed by atoms with Gasteiger partial charge in [0.1, 0.15) is 11.6 Å². The van der Waals surface area contributed by atoms with Crippen molar-refractivity contribution in [3.63, 3.8) is 0 Å². The molecule has 1 nitrogen and oxygen atoms in total. The summed E-state index contributed by atoms with van der Waals surface area (Å²) >= 11 is 0. The third-order valence-corrected chi connectivity index (χ3v) is 3.38. The number of hydrogen-bond acceptors (Lipinski definition) is 1. The molecule has 0 radical (unpaired) electrons. The number of ether oxygens (including phenoxy) is 1. The zero-order valence-corrected chi connectivity index (χ0v) is 12.8. The van der Waals surface area contributed by atoms with Crippen molar-refractivity contribution >= 4 is 0 Å². The molecule has 108 valence electrons. The normalized spacial score (nSPS) is 10.2. The molecule has 0 aliphatic heterocycles. The third-order valence-electron chi connectivity index (χ3n) is 3.38. The Hall–Kier alpha value is -2.27. The van der Waals surface area contributed by atoms with Crippen LogP contribution in [-0.2, 0) is 0 Å². The first-order valence-electron chi connectivity index (χ1n) is 6.98. The molecule has 0 saturated carbocycles. The summed E-state index contributed by atoms with van der Waals surface area (Å²) in [4.78, 5) is 0. The highest BCUT2D eigenvalue weighted by Crippen LogP contribution is 2.30. The summed E-state index contributed by atoms with van der Waals surface area (Å²) in [7, 11) is 1.55. The van der Waals surface area contributed by atoms with Gasteiger partial charge in [0, 0.05) is 16.7 Å². The number of rotatable bonds is 2. The van der Waals surface area contributed by atoms with Gasteiger partial charge in [-0.3, -0.25) is 0 Å². The molecule has 0 N–H and O–H groups in total. The second-order valence-electron chi connectivity index (χ2n) is 5.29. The zero-order chi connectivity index (χ0) is 15.4. The third kappa shape index (κ3) is 3.44. The summed E-state index contributed by atoms with van der Waals surface area (Å²) in [5.74, 6) is 6.45. The first-order valence-corrected chi connectivity index (χ1v) is 6.98. The molecule has 0 bridgehead atoms. The molecule has 0 heterocycles. The smallest absolute Gasteiger partial charge is 0.131 e. The maximum atomic E-state index is 14.2. The summed E-state index contributed by atoms with van der Waals surface area (Å²) < 4.78 is 19.5. The van der Waals surface area contributed by atoms with E-state index < -0.39 is 0 Å². The summed E-state index contributed by atoms with van der Waals surface area (Å²) in [5.41, 5.74) is 3.27. The standard InChI is InChI=1S/C19H19FO/c1-13(2)19-17(20)11-15(12-18(19)21-4)9-10-16-8-6-5-7-14(16)3/h5-8,11-13H,1-4H3. The number of methoxy groups -OCH3 is 1. The maximum absolute atomic E-state index is 14.2. The lowest BCUT2D eigenvalue weighted by molar-refractivity contribution is 0.401. The van der Waals surface area contributed by atoms with Gasteiger partial charge >= 0.3 is 0 Å². The fourth-order valence-corrected chi connectivity index (χ4v) is 2.25. The molecule has 21 heavy (non-hydrogen) atoms. The van der Waals surface area contributed by atoms with Crippen molar-refractivity contribution in [1.82, 2.24) is 0 Å². The lowest BCUT2D eigenvalue weighted by Crippen LogP contribution is -1.99. The fourth-order valence-electron chi connectivity index (χ4n) is 2.25. The van der Waals surface area contributed by atoms with Crippen LogP contribution in [0, 0.1) is 24.6 Å². The highest BCUT2D eigenvalue weighted by molar-refractivity contribution is 5.50. The molecule has 2 rings (SSSR count). The van der Waals surface area contributed by atoms with Crippen LogP contribution in [0.4, 0.5) is 4.39 Å². The Bertz CT molecular complexity index is 705. The van der Waals surface area contributed by atoms with Crippen LogP contribution in [0.15, 0.2) is 36.4 Å². The van der Waals surface area contributed by atoms with Crippen LogP contribution < -0.4 is 4.74 Å². The Kier molecular flexibility index (Phi) is 4.65. The Morgan fingerprint density at radius 3 is 2.43 bits per heavy atom. The monoisotopic (exact) mass is 282 g/mol. The predicted molar refractivity (Wildman–Crippen MR) is 84.2 cm³/mol. The van der Waals surface area contributed by atoms with E-state index in [1.54, 1.807) is 13.2 Å². The van der Waals surface area contributed by atoms with Gasteiger partial charge in [-0.05, 0) is 36.6 Å². The minimum atomic E-state index is -0.265. The topological polar surface area (TPSA) is 9.23 Å². The molecule has 0 atom stereocenters. The fraction of sp³-hybridized carbons (Fsp3) is 0.263. The summed E-state index contributed by atoms with van der Waals surface area (Å²) in [5, 5.41) is 0. The van der Waals surface area contributed by atoms with Gasteiger partial charge in [0.25, 0.3) is 0 Å². The van der Waals surface area contributed by atoms with Crippen molar-refractivity contribution in [2.45, 2.75) is 26.7 Å². The van der Waals surface area contributed by atoms with Gasteiger partial charge in [-0.2, -0.15) is 0 Å². The van der Waals surface area contributed by atoms with E-state index in [9.17, 15) is 4.39 Å². The van der Waals surface area contributed by atoms with E-state index in [4.69, 9.17) is 4.74 Å². The molecule has 0 amide bonds. The van der Waals surface area contributed by atoms with Crippen LogP contribution in [0.2, 0.25) is 0 Å². The van der Waals surface area contributed by atoms with E-state index in [0.29, 0.717) is 16.9 Å². The predicted octanol–water partition coefficient (Wildman–Crippen LogP) is 4.67. The highest BCUT2D eigenvalue weighted by Gasteiger charge is 2.14. The average Bonchev–Trinajstić information content (AvgIpc) is 2.45. The lowest BCUT2D eigenvalue weighted by Gasteiger charge is -2.13. The first kappa shape index (κ1) is 15.1. The minimum Gasteiger partial charge on any atom is -0.496 e. The Morgan fingerprint density at radius 1 is 1.10 bits per heavy atom. The minimum absolute atomic E-state index is 0.0679. The lowest BCUT2D eigenvalue weighted by atomic mass is 9.99. The van der Waals surface area contributed by atoms with E-state index in [1.807, 2.05) is 45.0 Å². The van der Waals surface area contributed by atoms with Crippen LogP contribution in [0.1, 0.15) is 42.0 Å². The average molecular weight is 282 g/mol. The summed E-state index contributed by atoms with van der Waals surface area (Å²) in [6, 6.07) is 11.2. The number of halogens is 1. The largest absolute Gasteiger partial charge is 0.496 e. The molecule has 2 aromatic rings. The van der Waals surface area contributed by atoms with E-state index in [1.165, 1.54) is 6.07 Å². The molecule has 2 heteroatoms. The molecule has 0 saturated heterocycles. The van der Waals surface area contributed by atoms with Crippen molar-refractivity contribution in [3.8, 4) is 17.6 Å². The van der Waals surface area contributed by atoms with Gasteiger partial charge in [0.05, 0.1) is 7.11 Å². The van der Waals surface area contributed by atoms with Gasteiger partial charge in [-0.15, -0.1) is 0 Å². The van der Waals surface area contributed by atoms with Crippen molar-refractivity contribution < 1.29 is 9.13 Å². The van der Waals surface area contributed by atoms with Gasteiger partial charge in [0.2, 0.25) is 0 Å². The maximum Gasteiger partial charge on any atom is 0.131 e. The van der Waals surface area contributed by atoms with Crippen LogP contribution in [0.5, 0.6) is 5.75 Å². The van der Waals surface area contributed by atoms with Crippen LogP contribution >= 0.6 is 0 Å². The SMILES string of the molecule is COc1cc(C#Cc2ccccc2C)cc(F)c1C(C)C. The number of benzene rings is 2. The highest BCUT2D eigenvalue weighted by atomic mass is 19.1.